The molecule has 0 radical (unpaired) electrons. The van der Waals surface area contributed by atoms with Crippen LogP contribution in [0.2, 0.25) is 0 Å². The van der Waals surface area contributed by atoms with Crippen molar-refractivity contribution in [3.05, 3.63) is 48.6 Å². The summed E-state index contributed by atoms with van der Waals surface area (Å²) in [5.74, 6) is -1.61. The van der Waals surface area contributed by atoms with Crippen LogP contribution in [0.25, 0.3) is 0 Å². The minimum absolute atomic E-state index is 0.0508. The highest BCUT2D eigenvalue weighted by Gasteiger charge is 2.50. The third kappa shape index (κ3) is 7.43. The van der Waals surface area contributed by atoms with Crippen molar-refractivity contribution < 1.29 is 28.7 Å². The van der Waals surface area contributed by atoms with E-state index in [2.05, 4.69) is 17.2 Å². The highest BCUT2D eigenvalue weighted by molar-refractivity contribution is 5.95. The zero-order valence-corrected chi connectivity index (χ0v) is 22.9. The summed E-state index contributed by atoms with van der Waals surface area (Å²) in [4.78, 5) is 54.1. The summed E-state index contributed by atoms with van der Waals surface area (Å²) in [7, 11) is 0. The molecular formula is C29H41N3O6. The lowest BCUT2D eigenvalue weighted by Gasteiger charge is -2.29. The largest absolute Gasteiger partial charge is 0.460 e. The van der Waals surface area contributed by atoms with Crippen LogP contribution < -0.4 is 10.6 Å². The first-order valence-electron chi connectivity index (χ1n) is 13.6. The lowest BCUT2D eigenvalue weighted by atomic mass is 9.97. The van der Waals surface area contributed by atoms with Gasteiger partial charge in [-0.3, -0.25) is 14.4 Å². The van der Waals surface area contributed by atoms with Gasteiger partial charge in [0.2, 0.25) is 11.8 Å². The topological polar surface area (TPSA) is 117 Å². The van der Waals surface area contributed by atoms with Crippen LogP contribution in [0.1, 0.15) is 65.0 Å². The van der Waals surface area contributed by atoms with Crippen molar-refractivity contribution in [2.45, 2.75) is 83.7 Å². The number of benzene rings is 1. The van der Waals surface area contributed by atoms with Crippen LogP contribution in [0.5, 0.6) is 0 Å². The molecule has 1 aromatic rings. The molecule has 0 aliphatic carbocycles. The van der Waals surface area contributed by atoms with Crippen LogP contribution in [-0.4, -0.2) is 66.0 Å². The minimum Gasteiger partial charge on any atom is -0.460 e. The number of epoxide rings is 1. The van der Waals surface area contributed by atoms with E-state index in [1.807, 2.05) is 58.0 Å². The Kier molecular flexibility index (Phi) is 10.5. The summed E-state index contributed by atoms with van der Waals surface area (Å²) >= 11 is 0. The van der Waals surface area contributed by atoms with Crippen LogP contribution in [0.15, 0.2) is 43.0 Å². The van der Waals surface area contributed by atoms with E-state index in [4.69, 9.17) is 9.47 Å². The van der Waals surface area contributed by atoms with E-state index < -0.39 is 36.1 Å². The number of esters is 1. The molecule has 9 nitrogen and oxygen atoms in total. The molecule has 1 aromatic carbocycles. The Labute approximate surface area is 225 Å². The van der Waals surface area contributed by atoms with E-state index in [0.29, 0.717) is 32.2 Å². The number of amides is 3. The molecule has 38 heavy (non-hydrogen) atoms. The molecule has 3 rings (SSSR count). The molecule has 6 atom stereocenters. The molecule has 1 unspecified atom stereocenters. The molecule has 2 aliphatic rings. The second kappa shape index (κ2) is 13.6. The number of ether oxygens (including phenoxy) is 2. The van der Waals surface area contributed by atoms with E-state index in [-0.39, 0.29) is 36.4 Å². The van der Waals surface area contributed by atoms with Crippen LogP contribution in [0.3, 0.4) is 0 Å². The number of rotatable bonds is 13. The van der Waals surface area contributed by atoms with Gasteiger partial charge in [-0.05, 0) is 36.7 Å². The Morgan fingerprint density at radius 3 is 2.50 bits per heavy atom. The van der Waals surface area contributed by atoms with Gasteiger partial charge in [-0.1, -0.05) is 77.1 Å². The van der Waals surface area contributed by atoms with Gasteiger partial charge in [-0.15, -0.1) is 0 Å². The van der Waals surface area contributed by atoms with Crippen molar-refractivity contribution in [1.29, 1.82) is 0 Å². The first-order valence-corrected chi connectivity index (χ1v) is 13.6. The van der Waals surface area contributed by atoms with Gasteiger partial charge in [0.1, 0.15) is 30.8 Å². The lowest BCUT2D eigenvalue weighted by molar-refractivity contribution is -0.148. The Morgan fingerprint density at radius 1 is 1.16 bits per heavy atom. The van der Waals surface area contributed by atoms with Gasteiger partial charge < -0.3 is 25.0 Å². The third-order valence-electron chi connectivity index (χ3n) is 7.15. The molecule has 0 saturated carbocycles. The van der Waals surface area contributed by atoms with Gasteiger partial charge in [0, 0.05) is 6.54 Å². The predicted molar refractivity (Wildman–Crippen MR) is 143 cm³/mol. The first kappa shape index (κ1) is 29.4. The van der Waals surface area contributed by atoms with Gasteiger partial charge in [-0.2, -0.15) is 0 Å². The third-order valence-corrected chi connectivity index (χ3v) is 7.15. The molecule has 0 bridgehead atoms. The molecule has 2 aliphatic heterocycles. The fourth-order valence-electron chi connectivity index (χ4n) is 4.79. The van der Waals surface area contributed by atoms with Gasteiger partial charge >= 0.3 is 5.97 Å². The maximum atomic E-state index is 13.4. The van der Waals surface area contributed by atoms with Gasteiger partial charge in [0.05, 0.1) is 0 Å². The van der Waals surface area contributed by atoms with Crippen LogP contribution in [-0.2, 0) is 28.7 Å². The van der Waals surface area contributed by atoms with E-state index >= 15 is 0 Å². The molecule has 0 aromatic heterocycles. The SMILES string of the molecule is C=CCOC(=O)[C@@H](NC(=O)[C@H](CC(C)C)NC(=O)[C@H]1CCCN1C(=O)[C@@H]1O[C@H]1c1ccccc1)C(C)CC. The summed E-state index contributed by atoms with van der Waals surface area (Å²) < 4.78 is 10.9. The van der Waals surface area contributed by atoms with Crippen molar-refractivity contribution in [1.82, 2.24) is 15.5 Å². The van der Waals surface area contributed by atoms with E-state index in [1.54, 1.807) is 4.90 Å². The molecule has 2 N–H and O–H groups in total. The maximum Gasteiger partial charge on any atom is 0.329 e. The number of nitrogens with one attached hydrogen (secondary N) is 2. The van der Waals surface area contributed by atoms with Gasteiger partial charge in [0.25, 0.3) is 5.91 Å². The zero-order chi connectivity index (χ0) is 27.8. The number of hydrogen-bond donors (Lipinski definition) is 2. The van der Waals surface area contributed by atoms with Crippen molar-refractivity contribution in [2.75, 3.05) is 13.2 Å². The van der Waals surface area contributed by atoms with Gasteiger partial charge in [0.15, 0.2) is 6.10 Å². The number of carbonyl (C=O) groups excluding carboxylic acids is 4. The van der Waals surface area contributed by atoms with Crippen molar-refractivity contribution >= 4 is 23.7 Å². The molecule has 0 spiro atoms. The van der Waals surface area contributed by atoms with Crippen LogP contribution >= 0.6 is 0 Å². The fraction of sp³-hybridized carbons (Fsp3) is 0.586. The van der Waals surface area contributed by atoms with Gasteiger partial charge in [-0.25, -0.2) is 4.79 Å². The van der Waals surface area contributed by atoms with E-state index in [9.17, 15) is 19.2 Å². The Morgan fingerprint density at radius 2 is 1.87 bits per heavy atom. The Hall–Kier alpha value is -3.20. The second-order valence-corrected chi connectivity index (χ2v) is 10.6. The molecular weight excluding hydrogens is 486 g/mol. The van der Waals surface area contributed by atoms with E-state index in [0.717, 1.165) is 5.56 Å². The molecule has 2 fully saturated rings. The zero-order valence-electron chi connectivity index (χ0n) is 22.9. The number of likely N-dealkylation sites (tertiary alicyclic amines) is 1. The van der Waals surface area contributed by atoms with Crippen molar-refractivity contribution in [2.24, 2.45) is 11.8 Å². The summed E-state index contributed by atoms with van der Waals surface area (Å²) in [6.45, 7) is 11.8. The standard InChI is InChI=1S/C29H41N3O6/c1-6-16-37-29(36)23(19(5)7-2)31-26(33)21(17-18(3)4)30-27(34)22-14-11-15-32(22)28(35)25-24(38-25)20-12-9-8-10-13-20/h6,8-10,12-13,18-19,21-25H,1,7,11,14-17H2,2-5H3,(H,30,34)(H,31,33)/t19?,21-,22+,23-,24-,25+/m0/s1. The molecule has 208 valence electrons. The Balaban J connectivity index is 1.66. The van der Waals surface area contributed by atoms with Crippen molar-refractivity contribution in [3.63, 3.8) is 0 Å². The smallest absolute Gasteiger partial charge is 0.329 e. The second-order valence-electron chi connectivity index (χ2n) is 10.6. The number of hydrogen-bond acceptors (Lipinski definition) is 6. The minimum atomic E-state index is -0.854. The summed E-state index contributed by atoms with van der Waals surface area (Å²) in [6.07, 6.45) is 2.82. The summed E-state index contributed by atoms with van der Waals surface area (Å²) in [5.41, 5.74) is 0.933. The highest BCUT2D eigenvalue weighted by Crippen LogP contribution is 2.40. The van der Waals surface area contributed by atoms with Crippen LogP contribution in [0, 0.1) is 11.8 Å². The summed E-state index contributed by atoms with van der Waals surface area (Å²) in [5, 5.41) is 5.67. The number of nitrogens with zero attached hydrogens (tertiary/aromatic N) is 1. The Bertz CT molecular complexity index is 997. The van der Waals surface area contributed by atoms with Crippen molar-refractivity contribution in [3.8, 4) is 0 Å². The first-order chi connectivity index (χ1) is 18.2. The molecule has 9 heteroatoms. The average Bonchev–Trinajstić information content (AvgIpc) is 3.56. The van der Waals surface area contributed by atoms with E-state index in [1.165, 1.54) is 6.08 Å². The average molecular weight is 528 g/mol. The molecule has 2 heterocycles. The summed E-state index contributed by atoms with van der Waals surface area (Å²) in [6, 6.07) is 7.17. The fourth-order valence-corrected chi connectivity index (χ4v) is 4.79. The number of carbonyl (C=O) groups is 4. The normalized spacial score (nSPS) is 22.8. The lowest BCUT2D eigenvalue weighted by Crippen LogP contribution is -2.57. The maximum absolute atomic E-state index is 13.4. The molecule has 3 amide bonds. The highest BCUT2D eigenvalue weighted by atomic mass is 16.6. The molecule has 2 saturated heterocycles. The van der Waals surface area contributed by atoms with Crippen LogP contribution in [0.4, 0.5) is 0 Å². The quantitative estimate of drug-likeness (QED) is 0.231. The monoisotopic (exact) mass is 527 g/mol. The predicted octanol–water partition coefficient (Wildman–Crippen LogP) is 2.91.